The fourth-order valence-electron chi connectivity index (χ4n) is 2.04. The number of aliphatic hydroxyl groups is 4. The molecule has 1 aliphatic heterocycles. The molecule has 1 saturated heterocycles. The highest BCUT2D eigenvalue weighted by Crippen LogP contribution is 2.21. The molecule has 0 radical (unpaired) electrons. The van der Waals surface area contributed by atoms with E-state index in [9.17, 15) is 20.1 Å². The Morgan fingerprint density at radius 1 is 1.00 bits per heavy atom. The van der Waals surface area contributed by atoms with Crippen molar-refractivity contribution in [3.8, 4) is 0 Å². The molecule has 0 aliphatic carbocycles. The third-order valence-corrected chi connectivity index (χ3v) is 3.48. The van der Waals surface area contributed by atoms with Crippen molar-refractivity contribution in [2.45, 2.75) is 37.1 Å². The topological polar surface area (TPSA) is 147 Å². The monoisotopic (exact) mass is 353 g/mol. The maximum atomic E-state index is 10.9. The number of carbonyl (C=O) groups excluding carboxylic acids is 1. The Morgan fingerprint density at radius 3 is 2.25 bits per heavy atom. The molecule has 0 aromatic carbocycles. The van der Waals surface area contributed by atoms with Crippen LogP contribution in [0.4, 0.5) is 0 Å². The number of hydrogen-bond donors (Lipinski definition) is 5. The Hall–Kier alpha value is -0.850. The van der Waals surface area contributed by atoms with Crippen molar-refractivity contribution in [1.29, 1.82) is 0 Å². The largest absolute Gasteiger partial charge is 0.394 e. The molecule has 1 heterocycles. The van der Waals surface area contributed by atoms with Crippen molar-refractivity contribution in [3.63, 3.8) is 0 Å². The molecular weight excluding hydrogens is 326 g/mol. The number of hydrogen-bond acceptors (Lipinski definition) is 9. The van der Waals surface area contributed by atoms with Gasteiger partial charge in [-0.25, -0.2) is 0 Å². The summed E-state index contributed by atoms with van der Waals surface area (Å²) in [5.74, 6) is -0.0937. The van der Waals surface area contributed by atoms with Gasteiger partial charge in [0.25, 0.3) is 0 Å². The number of carbonyl (C=O) groups is 1. The minimum absolute atomic E-state index is 0.0843. The van der Waals surface area contributed by atoms with Crippen LogP contribution in [0.5, 0.6) is 0 Å². The molecule has 5 atom stereocenters. The van der Waals surface area contributed by atoms with Crippen LogP contribution in [-0.4, -0.2) is 104 Å². The molecule has 10 nitrogen and oxygen atoms in total. The van der Waals surface area contributed by atoms with Gasteiger partial charge in [0.2, 0.25) is 5.91 Å². The van der Waals surface area contributed by atoms with E-state index in [4.69, 9.17) is 24.1 Å². The average molecular weight is 353 g/mol. The second-order valence-electron chi connectivity index (χ2n) is 5.22. The van der Waals surface area contributed by atoms with Gasteiger partial charge in [-0.1, -0.05) is 0 Å². The smallest absolute Gasteiger partial charge is 0.222 e. The first-order chi connectivity index (χ1) is 11.5. The Bertz CT molecular complexity index is 355. The first kappa shape index (κ1) is 21.2. The SMILES string of the molecule is CNC(=O)CCOCCOCCO[C@@H]1OC(CO)C(O)C(O)C1O. The first-order valence-corrected chi connectivity index (χ1v) is 7.79. The van der Waals surface area contributed by atoms with E-state index in [2.05, 4.69) is 5.32 Å². The fourth-order valence-corrected chi connectivity index (χ4v) is 2.04. The third kappa shape index (κ3) is 6.95. The number of rotatable bonds is 11. The van der Waals surface area contributed by atoms with Crippen LogP contribution in [0.3, 0.4) is 0 Å². The van der Waals surface area contributed by atoms with Crippen LogP contribution >= 0.6 is 0 Å². The summed E-state index contributed by atoms with van der Waals surface area (Å²) in [7, 11) is 1.56. The van der Waals surface area contributed by atoms with Crippen LogP contribution in [0.15, 0.2) is 0 Å². The Balaban J connectivity index is 2.07. The molecule has 1 fully saturated rings. The van der Waals surface area contributed by atoms with E-state index in [1.165, 1.54) is 0 Å². The van der Waals surface area contributed by atoms with Crippen molar-refractivity contribution < 1.29 is 44.2 Å². The van der Waals surface area contributed by atoms with E-state index < -0.39 is 37.3 Å². The van der Waals surface area contributed by atoms with E-state index in [0.29, 0.717) is 19.8 Å². The van der Waals surface area contributed by atoms with Gasteiger partial charge in [0, 0.05) is 13.5 Å². The Labute approximate surface area is 140 Å². The van der Waals surface area contributed by atoms with Crippen LogP contribution in [0.2, 0.25) is 0 Å². The van der Waals surface area contributed by atoms with E-state index in [-0.39, 0.29) is 25.5 Å². The lowest BCUT2D eigenvalue weighted by Crippen LogP contribution is -2.59. The zero-order chi connectivity index (χ0) is 17.9. The minimum atomic E-state index is -1.46. The second-order valence-corrected chi connectivity index (χ2v) is 5.22. The summed E-state index contributed by atoms with van der Waals surface area (Å²) in [6.45, 7) is 0.733. The molecule has 24 heavy (non-hydrogen) atoms. The van der Waals surface area contributed by atoms with Gasteiger partial charge in [0.05, 0.1) is 39.6 Å². The predicted molar refractivity (Wildman–Crippen MR) is 80.0 cm³/mol. The number of nitrogens with one attached hydrogen (secondary N) is 1. The van der Waals surface area contributed by atoms with E-state index in [1.54, 1.807) is 7.05 Å². The van der Waals surface area contributed by atoms with Crippen LogP contribution in [0.25, 0.3) is 0 Å². The van der Waals surface area contributed by atoms with Gasteiger partial charge in [-0.15, -0.1) is 0 Å². The maximum Gasteiger partial charge on any atom is 0.222 e. The molecule has 1 aliphatic rings. The fraction of sp³-hybridized carbons (Fsp3) is 0.929. The Morgan fingerprint density at radius 2 is 1.62 bits per heavy atom. The van der Waals surface area contributed by atoms with Crippen LogP contribution < -0.4 is 5.32 Å². The molecule has 0 aromatic rings. The molecular formula is C14H27NO9. The standard InChI is InChI=1S/C14H27NO9/c1-15-10(17)2-3-21-4-5-22-6-7-23-14-13(20)12(19)11(18)9(8-16)24-14/h9,11-14,16,18-20H,2-8H2,1H3,(H,15,17)/t9?,11?,12?,13?,14-/m1/s1. The average Bonchev–Trinajstić information content (AvgIpc) is 2.59. The summed E-state index contributed by atoms with van der Waals surface area (Å²) in [5.41, 5.74) is 0. The van der Waals surface area contributed by atoms with E-state index in [1.807, 2.05) is 0 Å². The summed E-state index contributed by atoms with van der Waals surface area (Å²) in [6, 6.07) is 0. The second kappa shape index (κ2) is 11.7. The number of ether oxygens (including phenoxy) is 4. The zero-order valence-corrected chi connectivity index (χ0v) is 13.7. The molecule has 0 saturated carbocycles. The van der Waals surface area contributed by atoms with Gasteiger partial charge < -0.3 is 44.7 Å². The summed E-state index contributed by atoms with van der Waals surface area (Å²) in [5, 5.41) is 40.5. The van der Waals surface area contributed by atoms with Gasteiger partial charge >= 0.3 is 0 Å². The molecule has 1 amide bonds. The molecule has 0 bridgehead atoms. The molecule has 1 rings (SSSR count). The first-order valence-electron chi connectivity index (χ1n) is 7.79. The molecule has 0 spiro atoms. The van der Waals surface area contributed by atoms with Crippen molar-refractivity contribution in [2.75, 3.05) is 46.7 Å². The lowest BCUT2D eigenvalue weighted by Gasteiger charge is -2.39. The molecule has 5 N–H and O–H groups in total. The van der Waals surface area contributed by atoms with Crippen molar-refractivity contribution in [2.24, 2.45) is 0 Å². The maximum absolute atomic E-state index is 10.9. The van der Waals surface area contributed by atoms with Crippen molar-refractivity contribution in [3.05, 3.63) is 0 Å². The van der Waals surface area contributed by atoms with Crippen molar-refractivity contribution >= 4 is 5.91 Å². The van der Waals surface area contributed by atoms with E-state index >= 15 is 0 Å². The van der Waals surface area contributed by atoms with Gasteiger partial charge in [-0.2, -0.15) is 0 Å². The molecule has 142 valence electrons. The van der Waals surface area contributed by atoms with Gasteiger partial charge in [-0.3, -0.25) is 4.79 Å². The highest BCUT2D eigenvalue weighted by Gasteiger charge is 2.43. The summed E-state index contributed by atoms with van der Waals surface area (Å²) in [6.07, 6.45) is -6.16. The summed E-state index contributed by atoms with van der Waals surface area (Å²) >= 11 is 0. The lowest BCUT2D eigenvalue weighted by molar-refractivity contribution is -0.302. The lowest BCUT2D eigenvalue weighted by atomic mass is 9.99. The van der Waals surface area contributed by atoms with Crippen molar-refractivity contribution in [1.82, 2.24) is 5.32 Å². The predicted octanol–water partition coefficient (Wildman–Crippen LogP) is -3.03. The van der Waals surface area contributed by atoms with E-state index in [0.717, 1.165) is 0 Å². The summed E-state index contributed by atoms with van der Waals surface area (Å²) < 4.78 is 20.9. The van der Waals surface area contributed by atoms with Gasteiger partial charge in [0.1, 0.15) is 24.4 Å². The molecule has 0 aromatic heterocycles. The van der Waals surface area contributed by atoms with Crippen LogP contribution in [0.1, 0.15) is 6.42 Å². The Kier molecular flexibility index (Phi) is 10.3. The minimum Gasteiger partial charge on any atom is -0.394 e. The highest BCUT2D eigenvalue weighted by molar-refractivity contribution is 5.75. The van der Waals surface area contributed by atoms with Crippen LogP contribution in [-0.2, 0) is 23.7 Å². The normalized spacial score (nSPS) is 30.3. The third-order valence-electron chi connectivity index (χ3n) is 3.48. The molecule has 4 unspecified atom stereocenters. The highest BCUT2D eigenvalue weighted by atomic mass is 16.7. The van der Waals surface area contributed by atoms with Gasteiger partial charge in [0.15, 0.2) is 6.29 Å². The summed E-state index contributed by atoms with van der Waals surface area (Å²) in [4.78, 5) is 10.9. The molecule has 10 heteroatoms. The number of aliphatic hydroxyl groups excluding tert-OH is 4. The quantitative estimate of drug-likeness (QED) is 0.245. The van der Waals surface area contributed by atoms with Crippen LogP contribution in [0, 0.1) is 0 Å². The number of amides is 1. The zero-order valence-electron chi connectivity index (χ0n) is 13.7. The van der Waals surface area contributed by atoms with Gasteiger partial charge in [-0.05, 0) is 0 Å².